The van der Waals surface area contributed by atoms with Gasteiger partial charge in [-0.05, 0) is 30.5 Å². The van der Waals surface area contributed by atoms with Gasteiger partial charge < -0.3 is 10.4 Å². The highest BCUT2D eigenvalue weighted by Gasteiger charge is 2.30. The Labute approximate surface area is 138 Å². The maximum atomic E-state index is 12.5. The van der Waals surface area contributed by atoms with Crippen molar-refractivity contribution in [2.45, 2.75) is 50.7 Å². The summed E-state index contributed by atoms with van der Waals surface area (Å²) in [6.07, 6.45) is 0.00388. The lowest BCUT2D eigenvalue weighted by Gasteiger charge is -2.23. The van der Waals surface area contributed by atoms with Crippen molar-refractivity contribution in [1.29, 1.82) is 0 Å². The third-order valence-corrected chi connectivity index (χ3v) is 4.31. The van der Waals surface area contributed by atoms with E-state index in [1.54, 1.807) is 0 Å². The van der Waals surface area contributed by atoms with Gasteiger partial charge in [-0.15, -0.1) is 0 Å². The van der Waals surface area contributed by atoms with E-state index in [0.717, 1.165) is 44.2 Å². The van der Waals surface area contributed by atoms with Crippen LogP contribution in [-0.2, 0) is 22.2 Å². The molecule has 0 saturated heterocycles. The zero-order valence-corrected chi connectivity index (χ0v) is 13.1. The molecule has 0 radical (unpaired) electrons. The Morgan fingerprint density at radius 3 is 2.21 bits per heavy atom. The summed E-state index contributed by atoms with van der Waals surface area (Å²) < 4.78 is 37.6. The van der Waals surface area contributed by atoms with Crippen LogP contribution >= 0.6 is 0 Å². The van der Waals surface area contributed by atoms with E-state index in [9.17, 15) is 27.9 Å². The standard InChI is InChI=1S/C17H20F3NO3/c18-17(19,20)13-8-6-11(7-9-13)10-14(16(23)24)21-15(22)12-4-2-1-3-5-12/h6-9,12,14H,1-5,10H2,(H,21,22)(H,23,24)/t14-/m0/s1. The van der Waals surface area contributed by atoms with E-state index in [1.165, 1.54) is 12.1 Å². The van der Waals surface area contributed by atoms with Crippen molar-refractivity contribution in [2.24, 2.45) is 5.92 Å². The van der Waals surface area contributed by atoms with Crippen molar-refractivity contribution >= 4 is 11.9 Å². The average molecular weight is 343 g/mol. The smallest absolute Gasteiger partial charge is 0.416 e. The van der Waals surface area contributed by atoms with Gasteiger partial charge in [0.25, 0.3) is 0 Å². The normalized spacial score (nSPS) is 17.3. The second-order valence-corrected chi connectivity index (χ2v) is 6.13. The van der Waals surface area contributed by atoms with Crippen LogP contribution in [0.4, 0.5) is 13.2 Å². The minimum Gasteiger partial charge on any atom is -0.480 e. The van der Waals surface area contributed by atoms with Crippen molar-refractivity contribution in [2.75, 3.05) is 0 Å². The van der Waals surface area contributed by atoms with Gasteiger partial charge >= 0.3 is 12.1 Å². The van der Waals surface area contributed by atoms with Crippen LogP contribution in [-0.4, -0.2) is 23.0 Å². The average Bonchev–Trinajstić information content (AvgIpc) is 2.54. The number of carbonyl (C=O) groups excluding carboxylic acids is 1. The van der Waals surface area contributed by atoms with Crippen LogP contribution < -0.4 is 5.32 Å². The first-order valence-electron chi connectivity index (χ1n) is 7.96. The molecule has 7 heteroatoms. The number of hydrogen-bond acceptors (Lipinski definition) is 2. The number of carboxylic acids is 1. The molecule has 2 rings (SSSR count). The Kier molecular flexibility index (Phi) is 5.85. The molecule has 0 aromatic heterocycles. The number of halogens is 3. The van der Waals surface area contributed by atoms with Gasteiger partial charge in [-0.3, -0.25) is 4.79 Å². The minimum absolute atomic E-state index is 0.0497. The molecule has 1 aliphatic rings. The molecule has 1 aromatic carbocycles. The molecule has 0 unspecified atom stereocenters. The van der Waals surface area contributed by atoms with Gasteiger partial charge in [0.15, 0.2) is 0 Å². The summed E-state index contributed by atoms with van der Waals surface area (Å²) in [6.45, 7) is 0. The van der Waals surface area contributed by atoms with Gasteiger partial charge in [0.05, 0.1) is 5.56 Å². The first kappa shape index (κ1) is 18.3. The molecule has 24 heavy (non-hydrogen) atoms. The number of benzene rings is 1. The number of rotatable bonds is 5. The molecule has 1 saturated carbocycles. The van der Waals surface area contributed by atoms with E-state index in [2.05, 4.69) is 5.32 Å². The molecule has 132 valence electrons. The first-order chi connectivity index (χ1) is 11.3. The van der Waals surface area contributed by atoms with Crippen LogP contribution in [0.5, 0.6) is 0 Å². The molecular weight excluding hydrogens is 323 g/mol. The highest BCUT2D eigenvalue weighted by molar-refractivity contribution is 5.85. The van der Waals surface area contributed by atoms with E-state index in [0.29, 0.717) is 5.56 Å². The number of amides is 1. The predicted octanol–water partition coefficient (Wildman–Crippen LogP) is 3.40. The lowest BCUT2D eigenvalue weighted by molar-refractivity contribution is -0.142. The van der Waals surface area contributed by atoms with Gasteiger partial charge in [0, 0.05) is 12.3 Å². The largest absolute Gasteiger partial charge is 0.480 e. The Bertz CT molecular complexity index is 578. The third-order valence-electron chi connectivity index (χ3n) is 4.31. The fourth-order valence-electron chi connectivity index (χ4n) is 2.92. The molecule has 1 atom stereocenters. The number of hydrogen-bond donors (Lipinski definition) is 2. The zero-order valence-electron chi connectivity index (χ0n) is 13.1. The summed E-state index contributed by atoms with van der Waals surface area (Å²) in [5.41, 5.74) is -0.358. The molecule has 1 aromatic rings. The maximum Gasteiger partial charge on any atom is 0.416 e. The van der Waals surface area contributed by atoms with E-state index in [4.69, 9.17) is 0 Å². The molecule has 1 fully saturated rings. The van der Waals surface area contributed by atoms with E-state index in [1.807, 2.05) is 0 Å². The van der Waals surface area contributed by atoms with E-state index in [-0.39, 0.29) is 18.2 Å². The quantitative estimate of drug-likeness (QED) is 0.861. The van der Waals surface area contributed by atoms with Crippen LogP contribution in [0.1, 0.15) is 43.2 Å². The lowest BCUT2D eigenvalue weighted by Crippen LogP contribution is -2.45. The van der Waals surface area contributed by atoms with Crippen LogP contribution in [0, 0.1) is 5.92 Å². The van der Waals surface area contributed by atoms with Crippen molar-refractivity contribution in [3.63, 3.8) is 0 Å². The summed E-state index contributed by atoms with van der Waals surface area (Å²) >= 11 is 0. The lowest BCUT2D eigenvalue weighted by atomic mass is 9.88. The van der Waals surface area contributed by atoms with Gasteiger partial charge in [-0.2, -0.15) is 13.2 Å². The second-order valence-electron chi connectivity index (χ2n) is 6.13. The van der Waals surface area contributed by atoms with Gasteiger partial charge in [0.1, 0.15) is 6.04 Å². The Balaban J connectivity index is 2.00. The van der Waals surface area contributed by atoms with Crippen molar-refractivity contribution in [3.8, 4) is 0 Å². The summed E-state index contributed by atoms with van der Waals surface area (Å²) in [7, 11) is 0. The molecule has 4 nitrogen and oxygen atoms in total. The Hall–Kier alpha value is -2.05. The highest BCUT2D eigenvalue weighted by atomic mass is 19.4. The van der Waals surface area contributed by atoms with Crippen molar-refractivity contribution in [1.82, 2.24) is 5.32 Å². The van der Waals surface area contributed by atoms with Crippen molar-refractivity contribution in [3.05, 3.63) is 35.4 Å². The SMILES string of the molecule is O=C(N[C@@H](Cc1ccc(C(F)(F)F)cc1)C(=O)O)C1CCCCC1. The minimum atomic E-state index is -4.43. The van der Waals surface area contributed by atoms with E-state index >= 15 is 0 Å². The Morgan fingerprint density at radius 2 is 1.71 bits per heavy atom. The number of aliphatic carboxylic acids is 1. The van der Waals surface area contributed by atoms with E-state index < -0.39 is 23.8 Å². The molecule has 0 spiro atoms. The zero-order chi connectivity index (χ0) is 17.7. The van der Waals surface area contributed by atoms with Gasteiger partial charge in [0.2, 0.25) is 5.91 Å². The maximum absolute atomic E-state index is 12.5. The first-order valence-corrected chi connectivity index (χ1v) is 7.96. The third kappa shape index (κ3) is 4.97. The monoisotopic (exact) mass is 343 g/mol. The van der Waals surface area contributed by atoms with Crippen LogP contribution in [0.25, 0.3) is 0 Å². The van der Waals surface area contributed by atoms with Crippen molar-refractivity contribution < 1.29 is 27.9 Å². The molecule has 1 aliphatic carbocycles. The van der Waals surface area contributed by atoms with Crippen LogP contribution in [0.3, 0.4) is 0 Å². The summed E-state index contributed by atoms with van der Waals surface area (Å²) in [6, 6.07) is 3.17. The molecule has 2 N–H and O–H groups in total. The number of carboxylic acid groups (broad SMARTS) is 1. The van der Waals surface area contributed by atoms with Gasteiger partial charge in [-0.25, -0.2) is 4.79 Å². The summed E-state index contributed by atoms with van der Waals surface area (Å²) in [5.74, 6) is -1.65. The highest BCUT2D eigenvalue weighted by Crippen LogP contribution is 2.29. The molecule has 1 amide bonds. The molecule has 0 aliphatic heterocycles. The number of alkyl halides is 3. The molecule has 0 bridgehead atoms. The summed E-state index contributed by atoms with van der Waals surface area (Å²) in [5, 5.41) is 11.8. The summed E-state index contributed by atoms with van der Waals surface area (Å²) in [4.78, 5) is 23.5. The van der Waals surface area contributed by atoms with Crippen LogP contribution in [0.15, 0.2) is 24.3 Å². The van der Waals surface area contributed by atoms with Gasteiger partial charge in [-0.1, -0.05) is 31.4 Å². The molecular formula is C17H20F3NO3. The molecule has 0 heterocycles. The van der Waals surface area contributed by atoms with Crippen LogP contribution in [0.2, 0.25) is 0 Å². The second kappa shape index (κ2) is 7.68. The fraction of sp³-hybridized carbons (Fsp3) is 0.529. The number of nitrogens with one attached hydrogen (secondary N) is 1. The predicted molar refractivity (Wildman–Crippen MR) is 81.3 cm³/mol. The fourth-order valence-corrected chi connectivity index (χ4v) is 2.92. The topological polar surface area (TPSA) is 66.4 Å². The number of carbonyl (C=O) groups is 2. The Morgan fingerprint density at radius 1 is 1.12 bits per heavy atom.